The van der Waals surface area contributed by atoms with Crippen LogP contribution in [0.3, 0.4) is 0 Å². The van der Waals surface area contributed by atoms with Gasteiger partial charge in [-0.05, 0) is 11.6 Å². The first-order chi connectivity index (χ1) is 9.48. The second kappa shape index (κ2) is 6.02. The van der Waals surface area contributed by atoms with E-state index < -0.39 is 0 Å². The third kappa shape index (κ3) is 2.76. The van der Waals surface area contributed by atoms with Crippen molar-refractivity contribution in [1.29, 1.82) is 0 Å². The van der Waals surface area contributed by atoms with Crippen LogP contribution in [0.2, 0.25) is 0 Å². The minimum absolute atomic E-state index is 0.103. The number of hydrogen-bond acceptors (Lipinski definition) is 4. The highest BCUT2D eigenvalue weighted by Crippen LogP contribution is 2.46. The SMILES string of the molecule is CN1C(=CC(=O)CSCCO)C(C)(C)c2ccccc21. The van der Waals surface area contributed by atoms with Crippen LogP contribution < -0.4 is 4.90 Å². The fourth-order valence-corrected chi connectivity index (χ4v) is 3.25. The van der Waals surface area contributed by atoms with Crippen molar-refractivity contribution >= 4 is 23.2 Å². The molecule has 0 spiro atoms. The maximum absolute atomic E-state index is 12.1. The van der Waals surface area contributed by atoms with Crippen molar-refractivity contribution in [1.82, 2.24) is 0 Å². The highest BCUT2D eigenvalue weighted by molar-refractivity contribution is 7.99. The second-order valence-electron chi connectivity index (χ2n) is 5.47. The van der Waals surface area contributed by atoms with Gasteiger partial charge >= 0.3 is 0 Å². The van der Waals surface area contributed by atoms with Crippen LogP contribution in [0.25, 0.3) is 0 Å². The van der Waals surface area contributed by atoms with Gasteiger partial charge in [0.25, 0.3) is 0 Å². The molecular weight excluding hydrogens is 270 g/mol. The summed E-state index contributed by atoms with van der Waals surface area (Å²) in [6.07, 6.45) is 1.75. The number of allylic oxidation sites excluding steroid dienone is 2. The molecule has 0 fully saturated rings. The van der Waals surface area contributed by atoms with Crippen molar-refractivity contribution in [2.75, 3.05) is 30.1 Å². The summed E-state index contributed by atoms with van der Waals surface area (Å²) in [5.41, 5.74) is 3.31. The zero-order valence-electron chi connectivity index (χ0n) is 12.2. The van der Waals surface area contributed by atoms with Gasteiger partial charge in [-0.15, -0.1) is 0 Å². The van der Waals surface area contributed by atoms with Gasteiger partial charge in [0.05, 0.1) is 12.4 Å². The van der Waals surface area contributed by atoms with E-state index in [1.165, 1.54) is 23.0 Å². The van der Waals surface area contributed by atoms with Gasteiger partial charge in [-0.3, -0.25) is 4.79 Å². The van der Waals surface area contributed by atoms with Crippen LogP contribution in [0.1, 0.15) is 19.4 Å². The molecule has 1 aromatic carbocycles. The Hall–Kier alpha value is -1.26. The monoisotopic (exact) mass is 291 g/mol. The average molecular weight is 291 g/mol. The summed E-state index contributed by atoms with van der Waals surface area (Å²) >= 11 is 1.47. The van der Waals surface area contributed by atoms with Gasteiger partial charge in [0.1, 0.15) is 0 Å². The Morgan fingerprint density at radius 3 is 2.75 bits per heavy atom. The summed E-state index contributed by atoms with van der Waals surface area (Å²) in [5.74, 6) is 1.13. The zero-order chi connectivity index (χ0) is 14.8. The summed E-state index contributed by atoms with van der Waals surface area (Å²) in [4.78, 5) is 14.2. The fraction of sp³-hybridized carbons (Fsp3) is 0.438. The predicted octanol–water partition coefficient (Wildman–Crippen LogP) is 2.59. The predicted molar refractivity (Wildman–Crippen MR) is 85.4 cm³/mol. The number of nitrogens with zero attached hydrogens (tertiary/aromatic N) is 1. The van der Waals surface area contributed by atoms with Gasteiger partial charge in [-0.2, -0.15) is 11.8 Å². The molecule has 1 aromatic rings. The first kappa shape index (κ1) is 15.1. The summed E-state index contributed by atoms with van der Waals surface area (Å²) in [7, 11) is 2.01. The smallest absolute Gasteiger partial charge is 0.167 e. The van der Waals surface area contributed by atoms with Crippen LogP contribution >= 0.6 is 11.8 Å². The van der Waals surface area contributed by atoms with E-state index in [-0.39, 0.29) is 17.8 Å². The normalized spacial score (nSPS) is 18.4. The molecule has 2 rings (SSSR count). The number of thioether (sulfide) groups is 1. The van der Waals surface area contributed by atoms with Gasteiger partial charge in [0, 0.05) is 35.7 Å². The third-order valence-electron chi connectivity index (χ3n) is 3.72. The topological polar surface area (TPSA) is 40.5 Å². The number of rotatable bonds is 5. The van der Waals surface area contributed by atoms with E-state index in [1.807, 2.05) is 19.2 Å². The Morgan fingerprint density at radius 2 is 2.10 bits per heavy atom. The molecule has 0 aliphatic carbocycles. The van der Waals surface area contributed by atoms with Crippen LogP contribution in [0.15, 0.2) is 36.0 Å². The number of ketones is 1. The molecule has 0 amide bonds. The minimum Gasteiger partial charge on any atom is -0.396 e. The molecule has 1 aliphatic rings. The number of benzene rings is 1. The van der Waals surface area contributed by atoms with Gasteiger partial charge in [0.2, 0.25) is 0 Å². The molecule has 1 aliphatic heterocycles. The summed E-state index contributed by atoms with van der Waals surface area (Å²) in [6, 6.07) is 8.27. The molecule has 0 unspecified atom stereocenters. The van der Waals surface area contributed by atoms with E-state index in [2.05, 4.69) is 30.9 Å². The zero-order valence-corrected chi connectivity index (χ0v) is 13.0. The molecular formula is C16H21NO2S. The number of carbonyl (C=O) groups is 1. The molecule has 0 atom stereocenters. The molecule has 0 aromatic heterocycles. The number of likely N-dealkylation sites (N-methyl/N-ethyl adjacent to an activating group) is 1. The Labute approximate surface area is 124 Å². The van der Waals surface area contributed by atoms with Crippen LogP contribution in [0, 0.1) is 0 Å². The fourth-order valence-electron chi connectivity index (χ4n) is 2.69. The van der Waals surface area contributed by atoms with E-state index in [9.17, 15) is 4.79 Å². The van der Waals surface area contributed by atoms with E-state index in [0.717, 1.165) is 5.70 Å². The summed E-state index contributed by atoms with van der Waals surface area (Å²) in [6.45, 7) is 4.41. The summed E-state index contributed by atoms with van der Waals surface area (Å²) < 4.78 is 0. The molecule has 0 saturated carbocycles. The van der Waals surface area contributed by atoms with E-state index in [0.29, 0.717) is 11.5 Å². The van der Waals surface area contributed by atoms with Crippen molar-refractivity contribution < 1.29 is 9.90 Å². The average Bonchev–Trinajstić information content (AvgIpc) is 2.61. The molecule has 1 N–H and O–H groups in total. The maximum atomic E-state index is 12.1. The number of aliphatic hydroxyl groups is 1. The lowest BCUT2D eigenvalue weighted by molar-refractivity contribution is -0.112. The van der Waals surface area contributed by atoms with Crippen LogP contribution in [0.5, 0.6) is 0 Å². The maximum Gasteiger partial charge on any atom is 0.167 e. The first-order valence-corrected chi connectivity index (χ1v) is 7.91. The number of aliphatic hydroxyl groups excluding tert-OH is 1. The Morgan fingerprint density at radius 1 is 1.40 bits per heavy atom. The Kier molecular flexibility index (Phi) is 4.55. The van der Waals surface area contributed by atoms with Crippen molar-refractivity contribution in [3.8, 4) is 0 Å². The third-order valence-corrected chi connectivity index (χ3v) is 4.68. The van der Waals surface area contributed by atoms with E-state index >= 15 is 0 Å². The number of anilines is 1. The van der Waals surface area contributed by atoms with Crippen LogP contribution in [0.4, 0.5) is 5.69 Å². The number of fused-ring (bicyclic) bond motifs is 1. The summed E-state index contributed by atoms with van der Waals surface area (Å²) in [5, 5.41) is 8.75. The second-order valence-corrected chi connectivity index (χ2v) is 6.58. The van der Waals surface area contributed by atoms with Gasteiger partial charge in [0.15, 0.2) is 5.78 Å². The molecule has 0 radical (unpaired) electrons. The van der Waals surface area contributed by atoms with Crippen LogP contribution in [-0.2, 0) is 10.2 Å². The number of para-hydroxylation sites is 1. The first-order valence-electron chi connectivity index (χ1n) is 6.75. The largest absolute Gasteiger partial charge is 0.396 e. The van der Waals surface area contributed by atoms with Crippen molar-refractivity contribution in [3.63, 3.8) is 0 Å². The Bertz CT molecular complexity index is 537. The van der Waals surface area contributed by atoms with Crippen molar-refractivity contribution in [2.24, 2.45) is 0 Å². The number of hydrogen-bond donors (Lipinski definition) is 1. The standard InChI is InChI=1S/C16H21NO2S/c1-16(2)13-6-4-5-7-14(13)17(3)15(16)10-12(19)11-20-9-8-18/h4-7,10,18H,8-9,11H2,1-3H3. The lowest BCUT2D eigenvalue weighted by Crippen LogP contribution is -2.24. The highest BCUT2D eigenvalue weighted by Gasteiger charge is 2.38. The quantitative estimate of drug-likeness (QED) is 0.669. The van der Waals surface area contributed by atoms with Crippen molar-refractivity contribution in [2.45, 2.75) is 19.3 Å². The van der Waals surface area contributed by atoms with Crippen LogP contribution in [-0.4, -0.2) is 36.1 Å². The lowest BCUT2D eigenvalue weighted by atomic mass is 9.83. The van der Waals surface area contributed by atoms with Crippen molar-refractivity contribution in [3.05, 3.63) is 41.6 Å². The number of carbonyl (C=O) groups excluding carboxylic acids is 1. The molecule has 20 heavy (non-hydrogen) atoms. The van der Waals surface area contributed by atoms with Gasteiger partial charge in [-0.1, -0.05) is 32.0 Å². The molecule has 0 saturated heterocycles. The van der Waals surface area contributed by atoms with E-state index in [1.54, 1.807) is 6.08 Å². The lowest BCUT2D eigenvalue weighted by Gasteiger charge is -2.23. The van der Waals surface area contributed by atoms with E-state index in [4.69, 9.17) is 5.11 Å². The molecule has 4 heteroatoms. The Balaban J connectivity index is 2.23. The van der Waals surface area contributed by atoms with Gasteiger partial charge < -0.3 is 10.0 Å². The van der Waals surface area contributed by atoms with Gasteiger partial charge in [-0.25, -0.2) is 0 Å². The molecule has 1 heterocycles. The molecule has 0 bridgehead atoms. The molecule has 108 valence electrons. The minimum atomic E-state index is -0.150. The molecule has 3 nitrogen and oxygen atoms in total. The highest BCUT2D eigenvalue weighted by atomic mass is 32.2.